The van der Waals surface area contributed by atoms with E-state index < -0.39 is 0 Å². The second-order valence-corrected chi connectivity index (χ2v) is 7.50. The number of benzene rings is 1. The van der Waals surface area contributed by atoms with Crippen LogP contribution in [0, 0.1) is 11.8 Å². The van der Waals surface area contributed by atoms with Gasteiger partial charge in [-0.3, -0.25) is 14.5 Å². The molecule has 1 aliphatic heterocycles. The third kappa shape index (κ3) is 3.59. The SMILES string of the molecule is O=C(CN1C(=O)COc2ccccc21)N/N=C1\CC[C@@H]2CCCC[C@@H]2C1. The second kappa shape index (κ2) is 7.48. The maximum absolute atomic E-state index is 12.3. The maximum Gasteiger partial charge on any atom is 0.265 e. The zero-order valence-corrected chi connectivity index (χ0v) is 14.9. The molecule has 2 atom stereocenters. The molecule has 2 amide bonds. The van der Waals surface area contributed by atoms with Gasteiger partial charge < -0.3 is 4.74 Å². The first kappa shape index (κ1) is 17.1. The number of para-hydroxylation sites is 2. The first-order chi connectivity index (χ1) is 12.7. The highest BCUT2D eigenvalue weighted by atomic mass is 16.5. The maximum atomic E-state index is 12.3. The van der Waals surface area contributed by atoms with Gasteiger partial charge in [0.25, 0.3) is 11.8 Å². The summed E-state index contributed by atoms with van der Waals surface area (Å²) in [4.78, 5) is 25.9. The normalized spacial score (nSPS) is 26.7. The summed E-state index contributed by atoms with van der Waals surface area (Å²) in [7, 11) is 0. The number of hydrogen-bond acceptors (Lipinski definition) is 4. The molecule has 1 aromatic rings. The van der Waals surface area contributed by atoms with Crippen molar-refractivity contribution in [1.82, 2.24) is 5.43 Å². The summed E-state index contributed by atoms with van der Waals surface area (Å²) in [5.41, 5.74) is 4.39. The predicted octanol–water partition coefficient (Wildman–Crippen LogP) is 2.87. The Morgan fingerprint density at radius 2 is 2.00 bits per heavy atom. The monoisotopic (exact) mass is 355 g/mol. The van der Waals surface area contributed by atoms with Gasteiger partial charge in [0.1, 0.15) is 12.3 Å². The van der Waals surface area contributed by atoms with E-state index in [9.17, 15) is 9.59 Å². The summed E-state index contributed by atoms with van der Waals surface area (Å²) in [5, 5.41) is 4.37. The van der Waals surface area contributed by atoms with Crippen LogP contribution in [0.1, 0.15) is 44.9 Å². The molecule has 0 aromatic heterocycles. The summed E-state index contributed by atoms with van der Waals surface area (Å²) < 4.78 is 5.40. The zero-order valence-electron chi connectivity index (χ0n) is 14.9. The highest BCUT2D eigenvalue weighted by molar-refractivity contribution is 6.02. The van der Waals surface area contributed by atoms with E-state index in [0.29, 0.717) is 11.4 Å². The molecule has 2 fully saturated rings. The average Bonchev–Trinajstić information content (AvgIpc) is 2.68. The highest BCUT2D eigenvalue weighted by Crippen LogP contribution is 2.39. The number of carbonyl (C=O) groups excluding carboxylic acids is 2. The van der Waals surface area contributed by atoms with Crippen LogP contribution in [0.25, 0.3) is 0 Å². The lowest BCUT2D eigenvalue weighted by molar-refractivity contribution is -0.125. The molecule has 6 heteroatoms. The third-order valence-electron chi connectivity index (χ3n) is 5.82. The molecular formula is C20H25N3O3. The van der Waals surface area contributed by atoms with Gasteiger partial charge in [0, 0.05) is 5.71 Å². The van der Waals surface area contributed by atoms with Crippen molar-refractivity contribution in [3.63, 3.8) is 0 Å². The first-order valence-electron chi connectivity index (χ1n) is 9.57. The lowest BCUT2D eigenvalue weighted by Crippen LogP contribution is -2.44. The van der Waals surface area contributed by atoms with E-state index >= 15 is 0 Å². The third-order valence-corrected chi connectivity index (χ3v) is 5.82. The van der Waals surface area contributed by atoms with Crippen LogP contribution in [0.5, 0.6) is 5.75 Å². The van der Waals surface area contributed by atoms with Crippen LogP contribution in [0.2, 0.25) is 0 Å². The van der Waals surface area contributed by atoms with Gasteiger partial charge in [-0.25, -0.2) is 5.43 Å². The van der Waals surface area contributed by atoms with Crippen LogP contribution in [-0.2, 0) is 9.59 Å². The van der Waals surface area contributed by atoms with E-state index in [-0.39, 0.29) is 25.0 Å². The number of nitrogens with zero attached hydrogens (tertiary/aromatic N) is 2. The Morgan fingerprint density at radius 3 is 2.88 bits per heavy atom. The Morgan fingerprint density at radius 1 is 1.19 bits per heavy atom. The Balaban J connectivity index is 1.36. The van der Waals surface area contributed by atoms with E-state index in [1.165, 1.54) is 37.0 Å². The number of anilines is 1. The Hall–Kier alpha value is -2.37. The van der Waals surface area contributed by atoms with E-state index in [0.717, 1.165) is 30.4 Å². The smallest absolute Gasteiger partial charge is 0.265 e. The second-order valence-electron chi connectivity index (χ2n) is 7.50. The van der Waals surface area contributed by atoms with Crippen molar-refractivity contribution < 1.29 is 14.3 Å². The molecule has 4 rings (SSSR count). The lowest BCUT2D eigenvalue weighted by Gasteiger charge is -2.35. The largest absolute Gasteiger partial charge is 0.482 e. The van der Waals surface area contributed by atoms with Crippen LogP contribution >= 0.6 is 0 Å². The van der Waals surface area contributed by atoms with Crippen LogP contribution in [0.3, 0.4) is 0 Å². The lowest BCUT2D eigenvalue weighted by atomic mass is 9.70. The molecule has 0 unspecified atom stereocenters. The summed E-state index contributed by atoms with van der Waals surface area (Å²) >= 11 is 0. The number of hydrazone groups is 1. The molecule has 6 nitrogen and oxygen atoms in total. The molecule has 2 saturated carbocycles. The summed E-state index contributed by atoms with van der Waals surface area (Å²) in [6, 6.07) is 7.26. The molecule has 26 heavy (non-hydrogen) atoms. The number of hydrogen-bond donors (Lipinski definition) is 1. The molecule has 3 aliphatic rings. The Bertz CT molecular complexity index is 731. The van der Waals surface area contributed by atoms with Crippen molar-refractivity contribution in [3.05, 3.63) is 24.3 Å². The van der Waals surface area contributed by atoms with Gasteiger partial charge in [-0.2, -0.15) is 5.10 Å². The predicted molar refractivity (Wildman–Crippen MR) is 99.2 cm³/mol. The molecule has 1 aromatic carbocycles. The highest BCUT2D eigenvalue weighted by Gasteiger charge is 2.30. The van der Waals surface area contributed by atoms with Crippen molar-refractivity contribution in [1.29, 1.82) is 0 Å². The fourth-order valence-electron chi connectivity index (χ4n) is 4.44. The number of carbonyl (C=O) groups is 2. The number of amides is 2. The standard InChI is InChI=1S/C20H25N3O3/c24-19(12-23-17-7-3-4-8-18(17)26-13-20(23)25)22-21-16-10-9-14-5-1-2-6-15(14)11-16/h3-4,7-8,14-15H,1-2,5-6,9-13H2,(H,22,24)/b21-16+/t14-,15+/m0/s1. The topological polar surface area (TPSA) is 71.0 Å². The van der Waals surface area contributed by atoms with Crippen LogP contribution in [0.4, 0.5) is 5.69 Å². The van der Waals surface area contributed by atoms with Gasteiger partial charge >= 0.3 is 0 Å². The molecule has 0 spiro atoms. The minimum Gasteiger partial charge on any atom is -0.482 e. The van der Waals surface area contributed by atoms with Crippen LogP contribution in [-0.4, -0.2) is 30.7 Å². The van der Waals surface area contributed by atoms with Crippen molar-refractivity contribution in [2.24, 2.45) is 16.9 Å². The molecule has 1 N–H and O–H groups in total. The van der Waals surface area contributed by atoms with Crippen molar-refractivity contribution >= 4 is 23.2 Å². The minimum absolute atomic E-state index is 0.0396. The summed E-state index contributed by atoms with van der Waals surface area (Å²) in [6.07, 6.45) is 8.48. The summed E-state index contributed by atoms with van der Waals surface area (Å²) in [6.45, 7) is -0.0794. The van der Waals surface area contributed by atoms with Gasteiger partial charge in [-0.15, -0.1) is 0 Å². The zero-order chi connectivity index (χ0) is 17.9. The van der Waals surface area contributed by atoms with E-state index in [1.54, 1.807) is 12.1 Å². The van der Waals surface area contributed by atoms with E-state index in [4.69, 9.17) is 4.74 Å². The van der Waals surface area contributed by atoms with Gasteiger partial charge in [0.15, 0.2) is 6.61 Å². The van der Waals surface area contributed by atoms with Crippen molar-refractivity contribution in [3.8, 4) is 5.75 Å². The van der Waals surface area contributed by atoms with Gasteiger partial charge in [-0.1, -0.05) is 31.4 Å². The van der Waals surface area contributed by atoms with Crippen molar-refractivity contribution in [2.75, 3.05) is 18.1 Å². The number of nitrogens with one attached hydrogen (secondary N) is 1. The minimum atomic E-state index is -0.270. The number of ether oxygens (including phenoxy) is 1. The molecule has 0 radical (unpaired) electrons. The average molecular weight is 355 g/mol. The van der Waals surface area contributed by atoms with Gasteiger partial charge in [0.2, 0.25) is 0 Å². The first-order valence-corrected chi connectivity index (χ1v) is 9.57. The number of fused-ring (bicyclic) bond motifs is 2. The van der Waals surface area contributed by atoms with Gasteiger partial charge in [0.05, 0.1) is 5.69 Å². The molecule has 0 saturated heterocycles. The Labute approximate surface area is 153 Å². The molecule has 138 valence electrons. The van der Waals surface area contributed by atoms with Gasteiger partial charge in [-0.05, 0) is 49.7 Å². The van der Waals surface area contributed by atoms with Crippen LogP contribution < -0.4 is 15.1 Å². The molecule has 2 aliphatic carbocycles. The summed E-state index contributed by atoms with van der Waals surface area (Å²) in [5.74, 6) is 1.73. The van der Waals surface area contributed by atoms with E-state index in [2.05, 4.69) is 10.5 Å². The molecular weight excluding hydrogens is 330 g/mol. The van der Waals surface area contributed by atoms with E-state index in [1.807, 2.05) is 12.1 Å². The molecule has 0 bridgehead atoms. The fraction of sp³-hybridized carbons (Fsp3) is 0.550. The fourth-order valence-corrected chi connectivity index (χ4v) is 4.44. The van der Waals surface area contributed by atoms with Crippen LogP contribution in [0.15, 0.2) is 29.4 Å². The Kier molecular flexibility index (Phi) is 4.91. The number of rotatable bonds is 3. The van der Waals surface area contributed by atoms with Crippen molar-refractivity contribution in [2.45, 2.75) is 44.9 Å². The quantitative estimate of drug-likeness (QED) is 0.848. The molecule has 1 heterocycles.